The standard InChI is InChI=1S/C18H16N4O2S/c1-13-2-4-15(5-3-13)12-24-16-8-6-14(7-9-16)10-20-22-17(23)11-19-21-18(22)25/h2-11H,12H2,1H3,(H,21,25)/b20-10+. The van der Waals surface area contributed by atoms with Crippen LogP contribution in [0, 0.1) is 11.7 Å². The van der Waals surface area contributed by atoms with E-state index in [0.717, 1.165) is 27.7 Å². The molecule has 1 aromatic heterocycles. The average molecular weight is 352 g/mol. The Morgan fingerprint density at radius 3 is 2.60 bits per heavy atom. The van der Waals surface area contributed by atoms with Gasteiger partial charge < -0.3 is 4.74 Å². The van der Waals surface area contributed by atoms with Crippen molar-refractivity contribution in [2.24, 2.45) is 5.10 Å². The molecule has 126 valence electrons. The van der Waals surface area contributed by atoms with Crippen LogP contribution >= 0.6 is 12.2 Å². The van der Waals surface area contributed by atoms with Gasteiger partial charge in [-0.3, -0.25) is 9.89 Å². The van der Waals surface area contributed by atoms with Crippen LogP contribution in [0.3, 0.4) is 0 Å². The van der Waals surface area contributed by atoms with Gasteiger partial charge in [-0.05, 0) is 54.5 Å². The van der Waals surface area contributed by atoms with E-state index in [9.17, 15) is 4.79 Å². The molecule has 1 N–H and O–H groups in total. The Kier molecular flexibility index (Phi) is 5.15. The lowest BCUT2D eigenvalue weighted by Crippen LogP contribution is -2.18. The molecule has 0 unspecified atom stereocenters. The molecule has 6 nitrogen and oxygen atoms in total. The minimum atomic E-state index is -0.391. The molecule has 2 aromatic carbocycles. The number of rotatable bonds is 5. The minimum absolute atomic E-state index is 0.141. The van der Waals surface area contributed by atoms with Crippen molar-refractivity contribution in [1.29, 1.82) is 0 Å². The number of aromatic nitrogens is 3. The number of aryl methyl sites for hydroxylation is 1. The fourth-order valence-corrected chi connectivity index (χ4v) is 2.27. The highest BCUT2D eigenvalue weighted by atomic mass is 32.1. The van der Waals surface area contributed by atoms with Gasteiger partial charge in [0.05, 0.1) is 6.21 Å². The van der Waals surface area contributed by atoms with E-state index in [-0.39, 0.29) is 4.77 Å². The summed E-state index contributed by atoms with van der Waals surface area (Å²) in [6.07, 6.45) is 2.67. The van der Waals surface area contributed by atoms with E-state index in [4.69, 9.17) is 17.0 Å². The van der Waals surface area contributed by atoms with E-state index in [0.29, 0.717) is 6.61 Å². The van der Waals surface area contributed by atoms with Crippen LogP contribution in [0.1, 0.15) is 16.7 Å². The van der Waals surface area contributed by atoms with Crippen molar-refractivity contribution >= 4 is 18.4 Å². The second-order valence-corrected chi connectivity index (χ2v) is 5.80. The van der Waals surface area contributed by atoms with Crippen LogP contribution in [0.5, 0.6) is 5.75 Å². The largest absolute Gasteiger partial charge is 0.489 e. The molecule has 7 heteroatoms. The first-order valence-corrected chi connectivity index (χ1v) is 8.02. The molecule has 0 saturated carbocycles. The molecule has 0 aliphatic rings. The molecular weight excluding hydrogens is 336 g/mol. The summed E-state index contributed by atoms with van der Waals surface area (Å²) in [6.45, 7) is 2.56. The summed E-state index contributed by atoms with van der Waals surface area (Å²) in [5, 5.41) is 10.2. The normalized spacial score (nSPS) is 10.9. The van der Waals surface area contributed by atoms with E-state index >= 15 is 0 Å². The van der Waals surface area contributed by atoms with Crippen molar-refractivity contribution in [1.82, 2.24) is 14.9 Å². The van der Waals surface area contributed by atoms with Gasteiger partial charge in [-0.1, -0.05) is 29.8 Å². The fraction of sp³-hybridized carbons (Fsp3) is 0.111. The van der Waals surface area contributed by atoms with Crippen LogP contribution in [0.25, 0.3) is 0 Å². The van der Waals surface area contributed by atoms with Crippen molar-refractivity contribution in [3.8, 4) is 5.75 Å². The second kappa shape index (κ2) is 7.67. The van der Waals surface area contributed by atoms with Crippen molar-refractivity contribution < 1.29 is 4.74 Å². The van der Waals surface area contributed by atoms with Gasteiger partial charge >= 0.3 is 0 Å². The molecule has 0 saturated heterocycles. The third-order valence-electron chi connectivity index (χ3n) is 3.46. The Bertz CT molecular complexity index is 961. The molecule has 3 aromatic rings. The maximum Gasteiger partial charge on any atom is 0.293 e. The summed E-state index contributed by atoms with van der Waals surface area (Å²) in [4.78, 5) is 11.6. The van der Waals surface area contributed by atoms with E-state index in [1.54, 1.807) is 6.21 Å². The van der Waals surface area contributed by atoms with E-state index in [1.807, 2.05) is 36.4 Å². The predicted octanol–water partition coefficient (Wildman–Crippen LogP) is 3.07. The highest BCUT2D eigenvalue weighted by Gasteiger charge is 1.98. The van der Waals surface area contributed by atoms with Gasteiger partial charge in [0.2, 0.25) is 4.77 Å². The first-order chi connectivity index (χ1) is 12.1. The van der Waals surface area contributed by atoms with Crippen LogP contribution in [0.4, 0.5) is 0 Å². The van der Waals surface area contributed by atoms with Crippen LogP contribution in [0.2, 0.25) is 0 Å². The highest BCUT2D eigenvalue weighted by molar-refractivity contribution is 7.71. The Hall–Kier alpha value is -3.06. The van der Waals surface area contributed by atoms with Crippen molar-refractivity contribution in [3.05, 3.63) is 86.5 Å². The monoisotopic (exact) mass is 352 g/mol. The van der Waals surface area contributed by atoms with Gasteiger partial charge in [-0.2, -0.15) is 14.9 Å². The maximum absolute atomic E-state index is 11.6. The van der Waals surface area contributed by atoms with Crippen LogP contribution in [-0.4, -0.2) is 21.1 Å². The van der Waals surface area contributed by atoms with Crippen molar-refractivity contribution in [2.45, 2.75) is 13.5 Å². The molecule has 0 radical (unpaired) electrons. The quantitative estimate of drug-likeness (QED) is 0.566. The van der Waals surface area contributed by atoms with Gasteiger partial charge in [0.15, 0.2) is 0 Å². The van der Waals surface area contributed by atoms with Crippen LogP contribution in [-0.2, 0) is 6.61 Å². The van der Waals surface area contributed by atoms with Gasteiger partial charge in [0.25, 0.3) is 5.56 Å². The number of aromatic amines is 1. The Morgan fingerprint density at radius 2 is 1.92 bits per heavy atom. The van der Waals surface area contributed by atoms with Gasteiger partial charge in [0.1, 0.15) is 18.6 Å². The molecule has 3 rings (SSSR count). The van der Waals surface area contributed by atoms with Crippen molar-refractivity contribution in [2.75, 3.05) is 0 Å². The molecule has 0 aliphatic heterocycles. The number of nitrogens with one attached hydrogen (secondary N) is 1. The molecule has 0 fully saturated rings. The van der Waals surface area contributed by atoms with E-state index in [2.05, 4.69) is 34.4 Å². The summed E-state index contributed by atoms with van der Waals surface area (Å²) >= 11 is 4.98. The summed E-state index contributed by atoms with van der Waals surface area (Å²) in [6, 6.07) is 15.6. The number of nitrogens with zero attached hydrogens (tertiary/aromatic N) is 3. The molecule has 0 spiro atoms. The Balaban J connectivity index is 1.66. The molecule has 0 amide bonds. The lowest BCUT2D eigenvalue weighted by atomic mass is 10.2. The van der Waals surface area contributed by atoms with E-state index < -0.39 is 5.56 Å². The third-order valence-corrected chi connectivity index (χ3v) is 3.73. The van der Waals surface area contributed by atoms with Gasteiger partial charge in [-0.25, -0.2) is 0 Å². The molecule has 0 atom stereocenters. The molecule has 0 aliphatic carbocycles. The van der Waals surface area contributed by atoms with Crippen LogP contribution < -0.4 is 10.3 Å². The lowest BCUT2D eigenvalue weighted by Gasteiger charge is -2.06. The topological polar surface area (TPSA) is 72.3 Å². The summed E-state index contributed by atoms with van der Waals surface area (Å²) in [5.74, 6) is 0.760. The molecular formula is C18H16N4O2S. The van der Waals surface area contributed by atoms with Gasteiger partial charge in [-0.15, -0.1) is 0 Å². The van der Waals surface area contributed by atoms with Crippen molar-refractivity contribution in [3.63, 3.8) is 0 Å². The molecule has 25 heavy (non-hydrogen) atoms. The summed E-state index contributed by atoms with van der Waals surface area (Å²) in [5.41, 5.74) is 2.77. The zero-order chi connectivity index (χ0) is 17.6. The maximum atomic E-state index is 11.6. The summed E-state index contributed by atoms with van der Waals surface area (Å²) < 4.78 is 6.97. The Morgan fingerprint density at radius 1 is 1.20 bits per heavy atom. The third kappa shape index (κ3) is 4.48. The smallest absolute Gasteiger partial charge is 0.293 e. The fourth-order valence-electron chi connectivity index (χ4n) is 2.08. The zero-order valence-corrected chi connectivity index (χ0v) is 14.4. The number of hydrogen-bond acceptors (Lipinski definition) is 5. The minimum Gasteiger partial charge on any atom is -0.489 e. The molecule has 0 bridgehead atoms. The Labute approximate surface area is 149 Å². The average Bonchev–Trinajstić information content (AvgIpc) is 2.62. The first-order valence-electron chi connectivity index (χ1n) is 7.61. The van der Waals surface area contributed by atoms with E-state index in [1.165, 1.54) is 5.56 Å². The number of ether oxygens (including phenoxy) is 1. The zero-order valence-electron chi connectivity index (χ0n) is 13.5. The van der Waals surface area contributed by atoms with Crippen LogP contribution in [0.15, 0.2) is 64.6 Å². The number of hydrogen-bond donors (Lipinski definition) is 1. The number of H-pyrrole nitrogens is 1. The first kappa shape index (κ1) is 16.8. The second-order valence-electron chi connectivity index (χ2n) is 5.41. The number of benzene rings is 2. The SMILES string of the molecule is Cc1ccc(COc2ccc(/C=N/n3c(=O)cn[nH]c3=S)cc2)cc1. The van der Waals surface area contributed by atoms with Gasteiger partial charge in [0, 0.05) is 0 Å². The summed E-state index contributed by atoms with van der Waals surface area (Å²) in [7, 11) is 0. The highest BCUT2D eigenvalue weighted by Crippen LogP contribution is 2.14. The predicted molar refractivity (Wildman–Crippen MR) is 98.6 cm³/mol. The molecule has 1 heterocycles. The lowest BCUT2D eigenvalue weighted by molar-refractivity contribution is 0.306.